The average molecular weight is 544 g/mol. The number of nitrogens with two attached hydrogens (primary N) is 1. The van der Waals surface area contributed by atoms with Crippen LogP contribution in [-0.2, 0) is 21.3 Å². The van der Waals surface area contributed by atoms with E-state index in [1.54, 1.807) is 55.5 Å². The first-order valence-corrected chi connectivity index (χ1v) is 13.7. The second-order valence-electron chi connectivity index (χ2n) is 7.67. The Bertz CT molecular complexity index is 1050. The van der Waals surface area contributed by atoms with Crippen LogP contribution >= 0.6 is 23.2 Å². The zero-order valence-electron chi connectivity index (χ0n) is 19.7. The zero-order valence-corrected chi connectivity index (χ0v) is 22.1. The minimum Gasteiger partial charge on any atom is -0.494 e. The Kier molecular flexibility index (Phi) is 12.0. The first-order chi connectivity index (χ1) is 16.8. The Hall–Kier alpha value is -2.10. The number of rotatable bonds is 15. The molecule has 0 aliphatic carbocycles. The van der Waals surface area contributed by atoms with Gasteiger partial charge in [0.2, 0.25) is 10.0 Å². The summed E-state index contributed by atoms with van der Waals surface area (Å²) < 4.78 is 38.8. The maximum atomic E-state index is 13.4. The average Bonchev–Trinajstić information content (AvgIpc) is 2.85. The maximum absolute atomic E-state index is 13.4. The van der Waals surface area contributed by atoms with Crippen LogP contribution in [0, 0.1) is 0 Å². The summed E-state index contributed by atoms with van der Waals surface area (Å²) in [5.41, 5.74) is 7.58. The fourth-order valence-electron chi connectivity index (χ4n) is 3.37. The summed E-state index contributed by atoms with van der Waals surface area (Å²) >= 11 is 12.4. The van der Waals surface area contributed by atoms with Crippen molar-refractivity contribution in [2.75, 3.05) is 32.2 Å². The van der Waals surface area contributed by atoms with E-state index in [0.29, 0.717) is 36.4 Å². The molecule has 2 atom stereocenters. The number of nitrogens with zero attached hydrogens (tertiary/aromatic N) is 1. The standard InChI is InChI=1S/C25H32Cl2N2O5S/c1-3-24(20-7-5-19(17-28)6-8-20)35(31,32)29(15-14-26)18-22(27)13-16-34-23-11-9-21(10-12-23)25(30)33-4-2/h3,5-12,22,24H,1,4,13-18,28H2,2H3. The Labute approximate surface area is 217 Å². The largest absolute Gasteiger partial charge is 0.494 e. The van der Waals surface area contributed by atoms with Crippen molar-refractivity contribution in [1.82, 2.24) is 4.31 Å². The summed E-state index contributed by atoms with van der Waals surface area (Å²) in [6.07, 6.45) is 1.81. The highest BCUT2D eigenvalue weighted by molar-refractivity contribution is 7.89. The first-order valence-electron chi connectivity index (χ1n) is 11.3. The number of hydrogen-bond acceptors (Lipinski definition) is 6. The molecule has 192 valence electrons. The topological polar surface area (TPSA) is 98.9 Å². The maximum Gasteiger partial charge on any atom is 0.338 e. The van der Waals surface area contributed by atoms with Gasteiger partial charge in [0.1, 0.15) is 11.0 Å². The lowest BCUT2D eigenvalue weighted by molar-refractivity contribution is 0.0526. The Morgan fingerprint density at radius 1 is 1.17 bits per heavy atom. The molecule has 7 nitrogen and oxygen atoms in total. The van der Waals surface area contributed by atoms with Crippen molar-refractivity contribution in [2.24, 2.45) is 5.73 Å². The molecule has 0 saturated heterocycles. The fraction of sp³-hybridized carbons (Fsp3) is 0.400. The van der Waals surface area contributed by atoms with Crippen LogP contribution in [0.2, 0.25) is 0 Å². The van der Waals surface area contributed by atoms with E-state index in [9.17, 15) is 13.2 Å². The molecule has 2 aromatic carbocycles. The first kappa shape index (κ1) is 29.1. The highest BCUT2D eigenvalue weighted by Gasteiger charge is 2.32. The molecule has 10 heteroatoms. The summed E-state index contributed by atoms with van der Waals surface area (Å²) in [7, 11) is -3.81. The van der Waals surface area contributed by atoms with Crippen LogP contribution in [0.4, 0.5) is 0 Å². The number of alkyl halides is 2. The van der Waals surface area contributed by atoms with Gasteiger partial charge in [-0.3, -0.25) is 0 Å². The molecular formula is C25H32Cl2N2O5S. The van der Waals surface area contributed by atoms with Crippen LogP contribution in [-0.4, -0.2) is 56.3 Å². The molecule has 35 heavy (non-hydrogen) atoms. The lowest BCUT2D eigenvalue weighted by Crippen LogP contribution is -2.40. The van der Waals surface area contributed by atoms with E-state index in [1.807, 2.05) is 0 Å². The van der Waals surface area contributed by atoms with E-state index >= 15 is 0 Å². The molecule has 0 aliphatic heterocycles. The van der Waals surface area contributed by atoms with Crippen molar-refractivity contribution in [2.45, 2.75) is 30.5 Å². The molecule has 0 aromatic heterocycles. The van der Waals surface area contributed by atoms with Crippen molar-refractivity contribution < 1.29 is 22.7 Å². The van der Waals surface area contributed by atoms with Gasteiger partial charge in [-0.1, -0.05) is 30.3 Å². The number of ether oxygens (including phenoxy) is 2. The molecule has 0 bridgehead atoms. The van der Waals surface area contributed by atoms with E-state index in [2.05, 4.69) is 6.58 Å². The van der Waals surface area contributed by atoms with Crippen LogP contribution < -0.4 is 10.5 Å². The lowest BCUT2D eigenvalue weighted by atomic mass is 10.1. The van der Waals surface area contributed by atoms with Crippen molar-refractivity contribution in [3.05, 3.63) is 77.9 Å². The van der Waals surface area contributed by atoms with E-state index in [4.69, 9.17) is 38.4 Å². The van der Waals surface area contributed by atoms with Crippen molar-refractivity contribution in [3.63, 3.8) is 0 Å². The lowest BCUT2D eigenvalue weighted by Gasteiger charge is -2.27. The van der Waals surface area contributed by atoms with Crippen molar-refractivity contribution in [3.8, 4) is 5.75 Å². The number of esters is 1. The van der Waals surface area contributed by atoms with Gasteiger partial charge in [0.25, 0.3) is 0 Å². The summed E-state index contributed by atoms with van der Waals surface area (Å²) in [6, 6.07) is 13.7. The van der Waals surface area contributed by atoms with Gasteiger partial charge in [-0.15, -0.1) is 29.8 Å². The quantitative estimate of drug-likeness (QED) is 0.202. The van der Waals surface area contributed by atoms with Gasteiger partial charge >= 0.3 is 5.97 Å². The summed E-state index contributed by atoms with van der Waals surface area (Å²) in [4.78, 5) is 11.7. The zero-order chi connectivity index (χ0) is 25.8. The highest BCUT2D eigenvalue weighted by atomic mass is 35.5. The molecule has 0 amide bonds. The SMILES string of the molecule is C=CC(c1ccc(CN)cc1)S(=O)(=O)N(CCCl)CC(Cl)CCOc1ccc(C(=O)OCC)cc1. The molecule has 2 aromatic rings. The van der Waals surface area contributed by atoms with E-state index < -0.39 is 26.6 Å². The van der Waals surface area contributed by atoms with Crippen molar-refractivity contribution in [1.29, 1.82) is 0 Å². The number of hydrogen-bond donors (Lipinski definition) is 1. The Balaban J connectivity index is 1.99. The van der Waals surface area contributed by atoms with Crippen LogP contribution in [0.5, 0.6) is 5.75 Å². The van der Waals surface area contributed by atoms with Crippen LogP contribution in [0.15, 0.2) is 61.2 Å². The molecule has 0 fully saturated rings. The molecule has 2 rings (SSSR count). The van der Waals surface area contributed by atoms with Gasteiger partial charge in [-0.05, 0) is 48.7 Å². The second-order valence-corrected chi connectivity index (χ2v) is 10.7. The van der Waals surface area contributed by atoms with Gasteiger partial charge in [-0.2, -0.15) is 4.31 Å². The third kappa shape index (κ3) is 8.51. The van der Waals surface area contributed by atoms with Gasteiger partial charge in [0, 0.05) is 25.5 Å². The molecule has 0 aliphatic rings. The predicted molar refractivity (Wildman–Crippen MR) is 141 cm³/mol. The number of halogens is 2. The predicted octanol–water partition coefficient (Wildman–Crippen LogP) is 4.50. The van der Waals surface area contributed by atoms with Gasteiger partial charge in [-0.25, -0.2) is 13.2 Å². The third-order valence-electron chi connectivity index (χ3n) is 5.24. The van der Waals surface area contributed by atoms with Crippen molar-refractivity contribution >= 4 is 39.2 Å². The van der Waals surface area contributed by atoms with Gasteiger partial charge in [0.15, 0.2) is 0 Å². The highest BCUT2D eigenvalue weighted by Crippen LogP contribution is 2.28. The Morgan fingerprint density at radius 3 is 2.37 bits per heavy atom. The molecule has 2 N–H and O–H groups in total. The number of benzene rings is 2. The fourth-order valence-corrected chi connectivity index (χ4v) is 5.81. The molecule has 0 heterocycles. The third-order valence-corrected chi connectivity index (χ3v) is 7.92. The monoisotopic (exact) mass is 542 g/mol. The van der Waals surface area contributed by atoms with Crippen LogP contribution in [0.3, 0.4) is 0 Å². The molecule has 0 saturated carbocycles. The van der Waals surface area contributed by atoms with Gasteiger partial charge < -0.3 is 15.2 Å². The van der Waals surface area contributed by atoms with E-state index in [-0.39, 0.29) is 25.6 Å². The summed E-state index contributed by atoms with van der Waals surface area (Å²) in [5.74, 6) is 0.302. The Morgan fingerprint density at radius 2 is 1.83 bits per heavy atom. The molecule has 2 unspecified atom stereocenters. The summed E-state index contributed by atoms with van der Waals surface area (Å²) in [6.45, 7) is 6.62. The molecule has 0 spiro atoms. The van der Waals surface area contributed by atoms with Gasteiger partial charge in [0.05, 0.1) is 24.2 Å². The second kappa shape index (κ2) is 14.5. The minimum atomic E-state index is -3.81. The molecule has 0 radical (unpaired) electrons. The summed E-state index contributed by atoms with van der Waals surface area (Å²) in [5, 5.41) is -1.44. The minimum absolute atomic E-state index is 0.0764. The van der Waals surface area contributed by atoms with E-state index in [0.717, 1.165) is 5.56 Å². The number of carbonyl (C=O) groups excluding carboxylic acids is 1. The number of sulfonamides is 1. The number of carbonyl (C=O) groups is 1. The van der Waals surface area contributed by atoms with E-state index in [1.165, 1.54) is 10.4 Å². The smallest absolute Gasteiger partial charge is 0.338 e. The normalized spacial score (nSPS) is 13.3. The molecular weight excluding hydrogens is 511 g/mol. The van der Waals surface area contributed by atoms with Crippen LogP contribution in [0.25, 0.3) is 0 Å². The van der Waals surface area contributed by atoms with Crippen LogP contribution in [0.1, 0.15) is 40.1 Å².